The molecule has 0 saturated heterocycles. The van der Waals surface area contributed by atoms with Gasteiger partial charge >= 0.3 is 0 Å². The van der Waals surface area contributed by atoms with Crippen molar-refractivity contribution in [3.8, 4) is 11.5 Å². The number of para-hydroxylation sites is 2. The maximum Gasteiger partial charge on any atom is 0.156 e. The van der Waals surface area contributed by atoms with Gasteiger partial charge in [-0.25, -0.2) is 0 Å². The number of hydrogen-bond acceptors (Lipinski definition) is 2. The quantitative estimate of drug-likeness (QED) is 0.722. The van der Waals surface area contributed by atoms with Gasteiger partial charge in [0.25, 0.3) is 0 Å². The fourth-order valence-electron chi connectivity index (χ4n) is 2.01. The molecule has 0 radical (unpaired) electrons. The number of carbonyl (C=O) groups excluding carboxylic acids is 1. The van der Waals surface area contributed by atoms with Gasteiger partial charge in [-0.3, -0.25) is 4.79 Å². The van der Waals surface area contributed by atoms with Crippen molar-refractivity contribution in [3.05, 3.63) is 58.6 Å². The van der Waals surface area contributed by atoms with Gasteiger partial charge in [-0.2, -0.15) is 0 Å². The minimum atomic E-state index is -0.0564. The lowest BCUT2D eigenvalue weighted by Gasteiger charge is -2.23. The Morgan fingerprint density at radius 3 is 2.40 bits per heavy atom. The van der Waals surface area contributed by atoms with E-state index in [1.165, 1.54) is 0 Å². The Kier molecular flexibility index (Phi) is 4.15. The van der Waals surface area contributed by atoms with E-state index < -0.39 is 0 Å². The first kappa shape index (κ1) is 14.6. The fraction of sp³-hybridized carbons (Fsp3) is 0.235. The Hall–Kier alpha value is -1.80. The molecule has 0 spiro atoms. The number of halogens is 1. The Bertz CT molecular complexity index is 627. The summed E-state index contributed by atoms with van der Waals surface area (Å²) in [5, 5.41) is 0.429. The van der Waals surface area contributed by atoms with Crippen molar-refractivity contribution in [1.82, 2.24) is 0 Å². The zero-order chi connectivity index (χ0) is 14.8. The van der Waals surface area contributed by atoms with Gasteiger partial charge in [-0.1, -0.05) is 56.6 Å². The maximum atomic E-state index is 11.1. The summed E-state index contributed by atoms with van der Waals surface area (Å²) in [5.74, 6) is 1.12. The van der Waals surface area contributed by atoms with Crippen molar-refractivity contribution >= 4 is 17.9 Å². The van der Waals surface area contributed by atoms with Crippen LogP contribution in [0.15, 0.2) is 42.5 Å². The maximum absolute atomic E-state index is 11.1. The van der Waals surface area contributed by atoms with E-state index in [0.29, 0.717) is 16.3 Å². The lowest BCUT2D eigenvalue weighted by Crippen LogP contribution is -2.12. The molecular formula is C17H17ClO2. The Labute approximate surface area is 124 Å². The number of ether oxygens (including phenoxy) is 1. The van der Waals surface area contributed by atoms with Crippen LogP contribution in [0.1, 0.15) is 36.7 Å². The van der Waals surface area contributed by atoms with Crippen LogP contribution < -0.4 is 4.74 Å². The number of carbonyl (C=O) groups is 1. The molecule has 3 heteroatoms. The Morgan fingerprint density at radius 1 is 1.05 bits per heavy atom. The van der Waals surface area contributed by atoms with Crippen LogP contribution in [0, 0.1) is 0 Å². The van der Waals surface area contributed by atoms with Crippen LogP contribution in [0.25, 0.3) is 0 Å². The first-order chi connectivity index (χ1) is 9.43. The van der Waals surface area contributed by atoms with E-state index in [9.17, 15) is 4.79 Å². The van der Waals surface area contributed by atoms with E-state index in [1.54, 1.807) is 18.2 Å². The molecule has 2 aromatic carbocycles. The third kappa shape index (κ3) is 3.02. The van der Waals surface area contributed by atoms with Gasteiger partial charge in [-0.05, 0) is 23.6 Å². The number of aldehydes is 1. The van der Waals surface area contributed by atoms with Crippen LogP contribution in [0.3, 0.4) is 0 Å². The normalized spacial score (nSPS) is 11.2. The first-order valence-corrected chi connectivity index (χ1v) is 6.82. The molecule has 0 atom stereocenters. The van der Waals surface area contributed by atoms with Crippen LogP contribution >= 0.6 is 11.6 Å². The summed E-state index contributed by atoms with van der Waals surface area (Å²) in [4.78, 5) is 11.1. The van der Waals surface area contributed by atoms with Gasteiger partial charge in [0.15, 0.2) is 12.0 Å². The third-order valence-corrected chi connectivity index (χ3v) is 3.33. The van der Waals surface area contributed by atoms with Crippen LogP contribution in [0.4, 0.5) is 0 Å². The molecule has 0 N–H and O–H groups in total. The highest BCUT2D eigenvalue weighted by molar-refractivity contribution is 6.32. The molecule has 0 aliphatic carbocycles. The second-order valence-corrected chi connectivity index (χ2v) is 6.03. The molecule has 2 nitrogen and oxygen atoms in total. The van der Waals surface area contributed by atoms with Crippen molar-refractivity contribution in [3.63, 3.8) is 0 Å². The molecule has 0 fully saturated rings. The van der Waals surface area contributed by atoms with Crippen LogP contribution in [-0.2, 0) is 5.41 Å². The van der Waals surface area contributed by atoms with E-state index >= 15 is 0 Å². The summed E-state index contributed by atoms with van der Waals surface area (Å²) < 4.78 is 5.93. The summed E-state index contributed by atoms with van der Waals surface area (Å²) in [6.07, 6.45) is 0.751. The van der Waals surface area contributed by atoms with Gasteiger partial charge < -0.3 is 4.74 Å². The highest BCUT2D eigenvalue weighted by atomic mass is 35.5. The highest BCUT2D eigenvalue weighted by Crippen LogP contribution is 2.37. The SMILES string of the molecule is CC(C)(C)c1ccccc1Oc1c(Cl)cccc1C=O. The molecule has 0 aromatic heterocycles. The minimum Gasteiger partial charge on any atom is -0.455 e. The summed E-state index contributed by atoms with van der Waals surface area (Å²) in [6.45, 7) is 6.34. The molecule has 0 bridgehead atoms. The summed E-state index contributed by atoms with van der Waals surface area (Å²) >= 11 is 6.14. The summed E-state index contributed by atoms with van der Waals surface area (Å²) in [5.41, 5.74) is 1.46. The van der Waals surface area contributed by atoms with E-state index in [2.05, 4.69) is 20.8 Å². The van der Waals surface area contributed by atoms with Gasteiger partial charge in [0.05, 0.1) is 10.6 Å². The molecule has 0 aliphatic heterocycles. The largest absolute Gasteiger partial charge is 0.455 e. The van der Waals surface area contributed by atoms with E-state index in [0.717, 1.165) is 17.6 Å². The predicted octanol–water partition coefficient (Wildman–Crippen LogP) is 5.24. The highest BCUT2D eigenvalue weighted by Gasteiger charge is 2.20. The lowest BCUT2D eigenvalue weighted by molar-refractivity contribution is 0.112. The minimum absolute atomic E-state index is 0.0564. The van der Waals surface area contributed by atoms with Crippen LogP contribution in [0.2, 0.25) is 5.02 Å². The zero-order valence-electron chi connectivity index (χ0n) is 11.8. The topological polar surface area (TPSA) is 26.3 Å². The molecule has 0 unspecified atom stereocenters. The van der Waals surface area contributed by atoms with Gasteiger partial charge in [0.2, 0.25) is 0 Å². The van der Waals surface area contributed by atoms with Crippen LogP contribution in [-0.4, -0.2) is 6.29 Å². The Morgan fingerprint density at radius 2 is 1.75 bits per heavy atom. The number of hydrogen-bond donors (Lipinski definition) is 0. The molecule has 20 heavy (non-hydrogen) atoms. The number of rotatable bonds is 3. The zero-order valence-corrected chi connectivity index (χ0v) is 12.6. The van der Waals surface area contributed by atoms with Crippen molar-refractivity contribution < 1.29 is 9.53 Å². The second-order valence-electron chi connectivity index (χ2n) is 5.62. The average Bonchev–Trinajstić information content (AvgIpc) is 2.40. The second kappa shape index (κ2) is 5.68. The van der Waals surface area contributed by atoms with Gasteiger partial charge in [0, 0.05) is 5.56 Å². The molecular weight excluding hydrogens is 272 g/mol. The van der Waals surface area contributed by atoms with Crippen molar-refractivity contribution in [2.75, 3.05) is 0 Å². The van der Waals surface area contributed by atoms with E-state index in [-0.39, 0.29) is 5.41 Å². The van der Waals surface area contributed by atoms with Crippen molar-refractivity contribution in [2.24, 2.45) is 0 Å². The van der Waals surface area contributed by atoms with E-state index in [1.807, 2.05) is 24.3 Å². The molecule has 0 saturated carbocycles. The smallest absolute Gasteiger partial charge is 0.156 e. The first-order valence-electron chi connectivity index (χ1n) is 6.44. The molecule has 0 heterocycles. The molecule has 104 valence electrons. The predicted molar refractivity (Wildman–Crippen MR) is 82.1 cm³/mol. The Balaban J connectivity index is 2.49. The van der Waals surface area contributed by atoms with E-state index in [4.69, 9.17) is 16.3 Å². The third-order valence-electron chi connectivity index (χ3n) is 3.03. The number of benzene rings is 2. The summed E-state index contributed by atoms with van der Waals surface area (Å²) in [6, 6.07) is 12.9. The van der Waals surface area contributed by atoms with Crippen molar-refractivity contribution in [1.29, 1.82) is 0 Å². The lowest BCUT2D eigenvalue weighted by atomic mass is 9.86. The van der Waals surface area contributed by atoms with Crippen molar-refractivity contribution in [2.45, 2.75) is 26.2 Å². The standard InChI is InChI=1S/C17H17ClO2/c1-17(2,3)13-8-4-5-10-15(13)20-16-12(11-19)7-6-9-14(16)18/h4-11H,1-3H3. The average molecular weight is 289 g/mol. The molecule has 2 aromatic rings. The molecule has 0 aliphatic rings. The van der Waals surface area contributed by atoms with Crippen LogP contribution in [0.5, 0.6) is 11.5 Å². The summed E-state index contributed by atoms with van der Waals surface area (Å²) in [7, 11) is 0. The monoisotopic (exact) mass is 288 g/mol. The molecule has 0 amide bonds. The fourth-order valence-corrected chi connectivity index (χ4v) is 2.23. The van der Waals surface area contributed by atoms with Gasteiger partial charge in [0.1, 0.15) is 5.75 Å². The van der Waals surface area contributed by atoms with Gasteiger partial charge in [-0.15, -0.1) is 0 Å². The molecule has 2 rings (SSSR count).